The summed E-state index contributed by atoms with van der Waals surface area (Å²) < 4.78 is 25.5. The van der Waals surface area contributed by atoms with Gasteiger partial charge in [-0.15, -0.1) is 0 Å². The minimum atomic E-state index is -0.483. The summed E-state index contributed by atoms with van der Waals surface area (Å²) in [7, 11) is 0. The van der Waals surface area contributed by atoms with E-state index in [0.717, 1.165) is 23.5 Å². The first-order chi connectivity index (χ1) is 6.24. The minimum absolute atomic E-state index is 0.112. The third kappa shape index (κ3) is 3.16. The van der Waals surface area contributed by atoms with Crippen molar-refractivity contribution in [2.45, 2.75) is 6.42 Å². The zero-order valence-corrected chi connectivity index (χ0v) is 8.37. The number of alkyl halides is 1. The number of benzene rings is 1. The van der Waals surface area contributed by atoms with Gasteiger partial charge in [-0.1, -0.05) is 27.8 Å². The third-order valence-electron chi connectivity index (χ3n) is 1.37. The zero-order valence-electron chi connectivity index (χ0n) is 6.78. The molecule has 1 rings (SSSR count). The molecule has 0 heterocycles. The summed E-state index contributed by atoms with van der Waals surface area (Å²) in [5.41, 5.74) is 0.112. The van der Waals surface area contributed by atoms with Gasteiger partial charge in [0.15, 0.2) is 0 Å². The first kappa shape index (κ1) is 10.2. The Morgan fingerprint density at radius 1 is 1.31 bits per heavy atom. The molecule has 0 radical (unpaired) electrons. The second-order valence-electron chi connectivity index (χ2n) is 2.36. The fraction of sp³-hybridized carbons (Fsp3) is 0.200. The lowest BCUT2D eigenvalue weighted by Gasteiger charge is -1.93. The maximum absolute atomic E-state index is 12.9. The monoisotopic (exact) mass is 244 g/mol. The van der Waals surface area contributed by atoms with Crippen LogP contribution in [0, 0.1) is 23.5 Å². The molecule has 1 aromatic rings. The Labute approximate surface area is 84.1 Å². The van der Waals surface area contributed by atoms with Gasteiger partial charge in [0, 0.05) is 11.8 Å². The van der Waals surface area contributed by atoms with Crippen LogP contribution >= 0.6 is 15.9 Å². The molecule has 68 valence electrons. The summed E-state index contributed by atoms with van der Waals surface area (Å²) in [4.78, 5) is 0. The van der Waals surface area contributed by atoms with E-state index in [1.165, 1.54) is 0 Å². The number of hydrogen-bond donors (Lipinski definition) is 0. The Morgan fingerprint density at radius 2 is 2.08 bits per heavy atom. The summed E-state index contributed by atoms with van der Waals surface area (Å²) in [6.07, 6.45) is 0.621. The molecule has 0 aliphatic rings. The van der Waals surface area contributed by atoms with Gasteiger partial charge in [0.1, 0.15) is 11.6 Å². The van der Waals surface area contributed by atoms with Crippen LogP contribution in [0.3, 0.4) is 0 Å². The SMILES string of the molecule is Fc1ccc(F)c(C#CCCBr)c1. The molecule has 0 saturated carbocycles. The molecule has 0 aromatic heterocycles. The van der Waals surface area contributed by atoms with Crippen molar-refractivity contribution in [3.05, 3.63) is 35.4 Å². The molecule has 0 nitrogen and oxygen atoms in total. The van der Waals surface area contributed by atoms with Crippen LogP contribution in [0.4, 0.5) is 8.78 Å². The second kappa shape index (κ2) is 4.98. The zero-order chi connectivity index (χ0) is 9.68. The highest BCUT2D eigenvalue weighted by molar-refractivity contribution is 9.09. The van der Waals surface area contributed by atoms with E-state index in [-0.39, 0.29) is 5.56 Å². The van der Waals surface area contributed by atoms with E-state index in [2.05, 4.69) is 27.8 Å². The van der Waals surface area contributed by atoms with Gasteiger partial charge in [-0.2, -0.15) is 0 Å². The maximum Gasteiger partial charge on any atom is 0.139 e. The van der Waals surface area contributed by atoms with E-state index in [4.69, 9.17) is 0 Å². The highest BCUT2D eigenvalue weighted by Gasteiger charge is 1.99. The second-order valence-corrected chi connectivity index (χ2v) is 3.16. The van der Waals surface area contributed by atoms with Crippen molar-refractivity contribution in [2.75, 3.05) is 5.33 Å². The van der Waals surface area contributed by atoms with Crippen LogP contribution < -0.4 is 0 Å². The minimum Gasteiger partial charge on any atom is -0.207 e. The lowest BCUT2D eigenvalue weighted by atomic mass is 10.2. The molecule has 0 aliphatic heterocycles. The first-order valence-electron chi connectivity index (χ1n) is 3.74. The van der Waals surface area contributed by atoms with Crippen LogP contribution in [-0.2, 0) is 0 Å². The Balaban J connectivity index is 2.89. The van der Waals surface area contributed by atoms with Crippen molar-refractivity contribution in [1.82, 2.24) is 0 Å². The van der Waals surface area contributed by atoms with Gasteiger partial charge in [0.25, 0.3) is 0 Å². The molecule has 3 heteroatoms. The van der Waals surface area contributed by atoms with Crippen LogP contribution in [-0.4, -0.2) is 5.33 Å². The highest BCUT2D eigenvalue weighted by Crippen LogP contribution is 2.07. The number of rotatable bonds is 1. The van der Waals surface area contributed by atoms with Gasteiger partial charge in [-0.05, 0) is 18.2 Å². The van der Waals surface area contributed by atoms with E-state index in [1.807, 2.05) is 0 Å². The lowest BCUT2D eigenvalue weighted by Crippen LogP contribution is -1.85. The summed E-state index contributed by atoms with van der Waals surface area (Å²) >= 11 is 3.19. The quantitative estimate of drug-likeness (QED) is 0.526. The predicted octanol–water partition coefficient (Wildman–Crippen LogP) is 3.10. The molecule has 0 unspecified atom stereocenters. The maximum atomic E-state index is 12.9. The number of hydrogen-bond acceptors (Lipinski definition) is 0. The lowest BCUT2D eigenvalue weighted by molar-refractivity contribution is 0.597. The van der Waals surface area contributed by atoms with Gasteiger partial charge in [-0.3, -0.25) is 0 Å². The van der Waals surface area contributed by atoms with Crippen molar-refractivity contribution in [3.63, 3.8) is 0 Å². The summed E-state index contributed by atoms with van der Waals surface area (Å²) in [6.45, 7) is 0. The molecule has 0 spiro atoms. The van der Waals surface area contributed by atoms with Gasteiger partial charge < -0.3 is 0 Å². The Hall–Kier alpha value is -0.880. The molecule has 0 bridgehead atoms. The average Bonchev–Trinajstić information content (AvgIpc) is 2.11. The molecular weight excluding hydrogens is 238 g/mol. The van der Waals surface area contributed by atoms with Gasteiger partial charge in [-0.25, -0.2) is 8.78 Å². The Kier molecular flexibility index (Phi) is 3.91. The van der Waals surface area contributed by atoms with Gasteiger partial charge in [0.05, 0.1) is 5.56 Å². The normalized spacial score (nSPS) is 9.15. The van der Waals surface area contributed by atoms with Crippen molar-refractivity contribution in [2.24, 2.45) is 0 Å². The third-order valence-corrected chi connectivity index (χ3v) is 1.77. The van der Waals surface area contributed by atoms with Crippen LogP contribution in [0.2, 0.25) is 0 Å². The highest BCUT2D eigenvalue weighted by atomic mass is 79.9. The van der Waals surface area contributed by atoms with Crippen molar-refractivity contribution >= 4 is 15.9 Å². The van der Waals surface area contributed by atoms with Gasteiger partial charge >= 0.3 is 0 Å². The van der Waals surface area contributed by atoms with Gasteiger partial charge in [0.2, 0.25) is 0 Å². The van der Waals surface area contributed by atoms with E-state index >= 15 is 0 Å². The van der Waals surface area contributed by atoms with Crippen LogP contribution in [0.25, 0.3) is 0 Å². The first-order valence-corrected chi connectivity index (χ1v) is 4.86. The van der Waals surface area contributed by atoms with Crippen LogP contribution in [0.1, 0.15) is 12.0 Å². The molecule has 0 atom stereocenters. The van der Waals surface area contributed by atoms with E-state index in [1.54, 1.807) is 0 Å². The average molecular weight is 245 g/mol. The van der Waals surface area contributed by atoms with E-state index < -0.39 is 11.6 Å². The molecule has 0 amide bonds. The van der Waals surface area contributed by atoms with Crippen LogP contribution in [0.5, 0.6) is 0 Å². The van der Waals surface area contributed by atoms with E-state index in [9.17, 15) is 8.78 Å². The smallest absolute Gasteiger partial charge is 0.139 e. The molecule has 0 aliphatic carbocycles. The van der Waals surface area contributed by atoms with Crippen molar-refractivity contribution in [1.29, 1.82) is 0 Å². The standard InChI is InChI=1S/C10H7BrF2/c11-6-2-1-3-8-7-9(12)4-5-10(8)13/h4-5,7H,2,6H2. The molecule has 13 heavy (non-hydrogen) atoms. The fourth-order valence-corrected chi connectivity index (χ4v) is 0.997. The molecular formula is C10H7BrF2. The largest absolute Gasteiger partial charge is 0.207 e. The summed E-state index contributed by atoms with van der Waals surface area (Å²) in [5, 5.41) is 0.733. The van der Waals surface area contributed by atoms with Crippen molar-refractivity contribution < 1.29 is 8.78 Å². The van der Waals surface area contributed by atoms with Crippen molar-refractivity contribution in [3.8, 4) is 11.8 Å². The fourth-order valence-electron chi connectivity index (χ4n) is 0.798. The Morgan fingerprint density at radius 3 is 2.77 bits per heavy atom. The number of halogens is 3. The molecule has 0 N–H and O–H groups in total. The molecule has 0 saturated heterocycles. The molecule has 0 fully saturated rings. The topological polar surface area (TPSA) is 0 Å². The summed E-state index contributed by atoms with van der Waals surface area (Å²) in [5.74, 6) is 4.32. The van der Waals surface area contributed by atoms with Crippen LogP contribution in [0.15, 0.2) is 18.2 Å². The van der Waals surface area contributed by atoms with E-state index in [0.29, 0.717) is 6.42 Å². The summed E-state index contributed by atoms with van der Waals surface area (Å²) in [6, 6.07) is 3.25. The Bertz CT molecular complexity index is 350. The molecule has 1 aromatic carbocycles. The predicted molar refractivity (Wildman–Crippen MR) is 51.6 cm³/mol.